The van der Waals surface area contributed by atoms with E-state index in [-0.39, 0.29) is 49.1 Å². The Morgan fingerprint density at radius 2 is 1.61 bits per heavy atom. The molecule has 0 N–H and O–H groups in total. The summed E-state index contributed by atoms with van der Waals surface area (Å²) in [6.07, 6.45) is 3.61. The van der Waals surface area contributed by atoms with Gasteiger partial charge in [0.2, 0.25) is 0 Å². The fourth-order valence-electron chi connectivity index (χ4n) is 3.44. The number of pyridine rings is 1. The minimum Gasteiger partial charge on any atom is -0.482 e. The molecule has 1 saturated heterocycles. The van der Waals surface area contributed by atoms with E-state index in [1.165, 1.54) is 0 Å². The van der Waals surface area contributed by atoms with Gasteiger partial charge in [0.15, 0.2) is 11.5 Å². The molecule has 174 valence electrons. The Bertz CT molecular complexity index is 1120. The van der Waals surface area contributed by atoms with Gasteiger partial charge in [-0.2, -0.15) is 0 Å². The number of carbonyl (C=O) groups is 1. The van der Waals surface area contributed by atoms with Crippen LogP contribution in [0, 0.1) is 0 Å². The summed E-state index contributed by atoms with van der Waals surface area (Å²) in [6, 6.07) is 7.25. The van der Waals surface area contributed by atoms with Crippen molar-refractivity contribution < 1.29 is 13.9 Å². The minimum absolute atomic E-state index is 0.0279. The number of furan rings is 1. The van der Waals surface area contributed by atoms with Crippen LogP contribution in [-0.4, -0.2) is 46.9 Å². The molecule has 1 amide bonds. The Balaban J connectivity index is 1.34. The van der Waals surface area contributed by atoms with Gasteiger partial charge in [-0.25, -0.2) is 0 Å². The summed E-state index contributed by atoms with van der Waals surface area (Å²) in [6.45, 7) is 3.54. The molecule has 4 rings (SSSR count). The molecule has 0 saturated carbocycles. The van der Waals surface area contributed by atoms with Gasteiger partial charge >= 0.3 is 0 Å². The van der Waals surface area contributed by atoms with Crippen LogP contribution < -0.4 is 4.74 Å². The summed E-state index contributed by atoms with van der Waals surface area (Å²) >= 11 is 30.5. The van der Waals surface area contributed by atoms with Crippen LogP contribution in [0.3, 0.4) is 0 Å². The molecule has 0 radical (unpaired) electrons. The van der Waals surface area contributed by atoms with Crippen molar-refractivity contribution in [2.45, 2.75) is 13.2 Å². The van der Waals surface area contributed by atoms with Gasteiger partial charge in [0, 0.05) is 45.1 Å². The number of hydrogen-bond acceptors (Lipinski definition) is 5. The maximum Gasteiger partial charge on any atom is 0.289 e. The lowest BCUT2D eigenvalue weighted by atomic mass is 10.2. The first-order valence-electron chi connectivity index (χ1n) is 9.98. The van der Waals surface area contributed by atoms with Crippen molar-refractivity contribution in [3.8, 4) is 5.75 Å². The van der Waals surface area contributed by atoms with Crippen LogP contribution in [0.4, 0.5) is 0 Å². The number of halogens is 5. The van der Waals surface area contributed by atoms with Crippen LogP contribution in [0.15, 0.2) is 41.1 Å². The summed E-state index contributed by atoms with van der Waals surface area (Å²) in [5.74, 6) is 0.573. The summed E-state index contributed by atoms with van der Waals surface area (Å²) in [7, 11) is 0. The third-order valence-electron chi connectivity index (χ3n) is 5.19. The van der Waals surface area contributed by atoms with Gasteiger partial charge in [-0.1, -0.05) is 64.1 Å². The number of piperazine rings is 1. The number of rotatable bonds is 6. The smallest absolute Gasteiger partial charge is 0.289 e. The molecule has 0 bridgehead atoms. The van der Waals surface area contributed by atoms with Crippen LogP contribution >= 0.6 is 58.0 Å². The highest BCUT2D eigenvalue weighted by Gasteiger charge is 2.25. The zero-order chi connectivity index (χ0) is 23.5. The van der Waals surface area contributed by atoms with E-state index in [0.29, 0.717) is 18.8 Å². The first kappa shape index (κ1) is 24.5. The topological polar surface area (TPSA) is 58.8 Å². The molecular formula is C22H18Cl5N3O3. The monoisotopic (exact) mass is 547 g/mol. The highest BCUT2D eigenvalue weighted by molar-refractivity contribution is 6.55. The predicted octanol–water partition coefficient (Wildman–Crippen LogP) is 6.48. The number of hydrogen-bond donors (Lipinski definition) is 0. The molecule has 1 aliphatic heterocycles. The lowest BCUT2D eigenvalue weighted by molar-refractivity contribution is 0.0594. The van der Waals surface area contributed by atoms with Crippen molar-refractivity contribution in [3.63, 3.8) is 0 Å². The molecule has 0 spiro atoms. The molecule has 3 heterocycles. The Hall–Kier alpha value is -1.67. The van der Waals surface area contributed by atoms with Crippen molar-refractivity contribution in [2.75, 3.05) is 26.2 Å². The fourth-order valence-corrected chi connectivity index (χ4v) is 4.67. The zero-order valence-corrected chi connectivity index (χ0v) is 20.9. The third kappa shape index (κ3) is 5.53. The number of benzene rings is 1. The zero-order valence-electron chi connectivity index (χ0n) is 17.2. The molecule has 11 heteroatoms. The molecule has 6 nitrogen and oxygen atoms in total. The molecule has 1 aromatic carbocycles. The van der Waals surface area contributed by atoms with Gasteiger partial charge in [-0.15, -0.1) is 0 Å². The Morgan fingerprint density at radius 1 is 0.939 bits per heavy atom. The standard InChI is InChI=1S/C22H18Cl5N3O3/c23-16-17(24)19(26)21(20(27)18(16)25)32-12-14-3-4-15(33-14)22(31)30-8-6-29(7-9-30)11-13-2-1-5-28-10-13/h1-5,10H,6-9,11-12H2. The number of amides is 1. The molecule has 1 aliphatic rings. The highest BCUT2D eigenvalue weighted by atomic mass is 35.5. The summed E-state index contributed by atoms with van der Waals surface area (Å²) in [5.41, 5.74) is 1.15. The van der Waals surface area contributed by atoms with Gasteiger partial charge < -0.3 is 14.1 Å². The second-order valence-electron chi connectivity index (χ2n) is 7.38. The van der Waals surface area contributed by atoms with Crippen molar-refractivity contribution in [2.24, 2.45) is 0 Å². The van der Waals surface area contributed by atoms with Crippen LogP contribution in [0.1, 0.15) is 21.9 Å². The molecule has 1 fully saturated rings. The molecule has 0 atom stereocenters. The minimum atomic E-state index is -0.170. The fraction of sp³-hybridized carbons (Fsp3) is 0.273. The van der Waals surface area contributed by atoms with Gasteiger partial charge in [0.25, 0.3) is 5.91 Å². The molecule has 0 unspecified atom stereocenters. The average molecular weight is 550 g/mol. The van der Waals surface area contributed by atoms with E-state index in [2.05, 4.69) is 9.88 Å². The van der Waals surface area contributed by atoms with E-state index in [0.717, 1.165) is 25.2 Å². The highest BCUT2D eigenvalue weighted by Crippen LogP contribution is 2.48. The maximum atomic E-state index is 12.9. The van der Waals surface area contributed by atoms with E-state index < -0.39 is 0 Å². The van der Waals surface area contributed by atoms with E-state index >= 15 is 0 Å². The van der Waals surface area contributed by atoms with Gasteiger partial charge in [-0.3, -0.25) is 14.7 Å². The van der Waals surface area contributed by atoms with Crippen LogP contribution in [0.5, 0.6) is 5.75 Å². The quantitative estimate of drug-likeness (QED) is 0.260. The second-order valence-corrected chi connectivity index (χ2v) is 9.27. The van der Waals surface area contributed by atoms with E-state index in [1.807, 2.05) is 18.3 Å². The van der Waals surface area contributed by atoms with Crippen molar-refractivity contribution in [3.05, 3.63) is 78.9 Å². The number of carbonyl (C=O) groups excluding carboxylic acids is 1. The summed E-state index contributed by atoms with van der Waals surface area (Å²) in [4.78, 5) is 21.1. The van der Waals surface area contributed by atoms with Crippen LogP contribution in [0.25, 0.3) is 0 Å². The molecule has 0 aliphatic carbocycles. The molecule has 2 aromatic heterocycles. The van der Waals surface area contributed by atoms with Gasteiger partial charge in [0.1, 0.15) is 22.4 Å². The number of nitrogens with zero attached hydrogens (tertiary/aromatic N) is 3. The first-order valence-corrected chi connectivity index (χ1v) is 11.9. The normalized spacial score (nSPS) is 14.5. The van der Waals surface area contributed by atoms with Crippen molar-refractivity contribution in [1.82, 2.24) is 14.8 Å². The van der Waals surface area contributed by atoms with E-state index in [1.54, 1.807) is 23.2 Å². The number of aromatic nitrogens is 1. The lowest BCUT2D eigenvalue weighted by Crippen LogP contribution is -2.48. The van der Waals surface area contributed by atoms with Gasteiger partial charge in [-0.05, 0) is 23.8 Å². The predicted molar refractivity (Wildman–Crippen MR) is 130 cm³/mol. The maximum absolute atomic E-state index is 12.9. The summed E-state index contributed by atoms with van der Waals surface area (Å²) in [5, 5.41) is 0.222. The third-order valence-corrected chi connectivity index (χ3v) is 7.43. The molecule has 3 aromatic rings. The lowest BCUT2D eigenvalue weighted by Gasteiger charge is -2.34. The van der Waals surface area contributed by atoms with Crippen LogP contribution in [-0.2, 0) is 13.2 Å². The number of ether oxygens (including phenoxy) is 1. The van der Waals surface area contributed by atoms with Crippen molar-refractivity contribution >= 4 is 63.9 Å². The van der Waals surface area contributed by atoms with E-state index in [4.69, 9.17) is 67.2 Å². The summed E-state index contributed by atoms with van der Waals surface area (Å²) < 4.78 is 11.3. The molecular weight excluding hydrogens is 532 g/mol. The first-order chi connectivity index (χ1) is 15.8. The van der Waals surface area contributed by atoms with E-state index in [9.17, 15) is 4.79 Å². The largest absolute Gasteiger partial charge is 0.482 e. The Labute approximate surface area is 215 Å². The second kappa shape index (κ2) is 10.7. The molecule has 33 heavy (non-hydrogen) atoms. The van der Waals surface area contributed by atoms with Gasteiger partial charge in [0.05, 0.1) is 15.1 Å². The van der Waals surface area contributed by atoms with Crippen LogP contribution in [0.2, 0.25) is 25.1 Å². The Morgan fingerprint density at radius 3 is 2.24 bits per heavy atom. The SMILES string of the molecule is O=C(c1ccc(COc2c(Cl)c(Cl)c(Cl)c(Cl)c2Cl)o1)N1CCN(Cc2cccnc2)CC1. The average Bonchev–Trinajstić information content (AvgIpc) is 3.31. The van der Waals surface area contributed by atoms with Crippen molar-refractivity contribution in [1.29, 1.82) is 0 Å². The Kier molecular flexibility index (Phi) is 7.95.